The summed E-state index contributed by atoms with van der Waals surface area (Å²) in [4.78, 5) is 19.8. The second-order valence-electron chi connectivity index (χ2n) is 6.05. The largest absolute Gasteiger partial charge is 0.333 e. The highest BCUT2D eigenvalue weighted by molar-refractivity contribution is 7.99. The number of aryl methyl sites for hydroxylation is 1. The predicted molar refractivity (Wildman–Crippen MR) is 105 cm³/mol. The molecular weight excluding hydrogens is 330 g/mol. The lowest BCUT2D eigenvalue weighted by atomic mass is 10.1. The Morgan fingerprint density at radius 3 is 2.68 bits per heavy atom. The molecule has 25 heavy (non-hydrogen) atoms. The third kappa shape index (κ3) is 5.10. The maximum atomic E-state index is 12.1. The molecule has 130 valence electrons. The molecule has 1 heterocycles. The van der Waals surface area contributed by atoms with Crippen LogP contribution in [0, 0.1) is 0 Å². The summed E-state index contributed by atoms with van der Waals surface area (Å²) in [5.41, 5.74) is 4.07. The number of nitrogens with one attached hydrogen (secondary N) is 2. The molecule has 0 saturated carbocycles. The van der Waals surface area contributed by atoms with Crippen molar-refractivity contribution in [2.75, 3.05) is 11.1 Å². The quantitative estimate of drug-likeness (QED) is 0.441. The average molecular weight is 353 g/mol. The van der Waals surface area contributed by atoms with E-state index >= 15 is 0 Å². The number of thioether (sulfide) groups is 1. The Hall–Kier alpha value is -2.27. The maximum absolute atomic E-state index is 12.1. The van der Waals surface area contributed by atoms with Gasteiger partial charge in [0, 0.05) is 5.69 Å². The van der Waals surface area contributed by atoms with Crippen LogP contribution in [0.2, 0.25) is 0 Å². The van der Waals surface area contributed by atoms with Crippen molar-refractivity contribution in [2.24, 2.45) is 0 Å². The van der Waals surface area contributed by atoms with Crippen LogP contribution in [0.5, 0.6) is 0 Å². The van der Waals surface area contributed by atoms with Crippen LogP contribution in [-0.4, -0.2) is 21.6 Å². The number of unbranched alkanes of at least 4 members (excludes halogenated alkanes) is 2. The number of hydrogen-bond donors (Lipinski definition) is 2. The zero-order valence-corrected chi connectivity index (χ0v) is 15.2. The van der Waals surface area contributed by atoms with Gasteiger partial charge in [-0.25, -0.2) is 4.98 Å². The van der Waals surface area contributed by atoms with Crippen LogP contribution in [0.15, 0.2) is 53.7 Å². The molecule has 0 bridgehead atoms. The summed E-state index contributed by atoms with van der Waals surface area (Å²) in [6.45, 7) is 2.21. The molecule has 0 aliphatic carbocycles. The van der Waals surface area contributed by atoms with Gasteiger partial charge in [-0.3, -0.25) is 4.79 Å². The average Bonchev–Trinajstić information content (AvgIpc) is 3.05. The number of fused-ring (bicyclic) bond motifs is 1. The Bertz CT molecular complexity index is 793. The molecule has 3 rings (SSSR count). The highest BCUT2D eigenvalue weighted by atomic mass is 32.2. The summed E-state index contributed by atoms with van der Waals surface area (Å²) in [7, 11) is 0. The molecule has 5 heteroatoms. The minimum Gasteiger partial charge on any atom is -0.333 e. The number of hydrogen-bond acceptors (Lipinski definition) is 3. The van der Waals surface area contributed by atoms with Crippen LogP contribution in [0.1, 0.15) is 31.7 Å². The van der Waals surface area contributed by atoms with Crippen LogP contribution >= 0.6 is 11.8 Å². The maximum Gasteiger partial charge on any atom is 0.234 e. The number of aromatic amines is 1. The Kier molecular flexibility index (Phi) is 6.12. The number of para-hydroxylation sites is 2. The van der Waals surface area contributed by atoms with Crippen molar-refractivity contribution in [2.45, 2.75) is 37.8 Å². The Labute approximate surface area is 152 Å². The first-order valence-corrected chi connectivity index (χ1v) is 9.69. The summed E-state index contributed by atoms with van der Waals surface area (Å²) < 4.78 is 0. The smallest absolute Gasteiger partial charge is 0.234 e. The minimum atomic E-state index is -0.0239. The molecule has 0 fully saturated rings. The Balaban J connectivity index is 1.48. The van der Waals surface area contributed by atoms with E-state index in [-0.39, 0.29) is 5.91 Å². The predicted octanol–water partition coefficient (Wildman–Crippen LogP) is 5.03. The molecule has 0 spiro atoms. The number of aromatic nitrogens is 2. The van der Waals surface area contributed by atoms with E-state index in [2.05, 4.69) is 34.3 Å². The van der Waals surface area contributed by atoms with Gasteiger partial charge in [0.25, 0.3) is 0 Å². The van der Waals surface area contributed by atoms with Gasteiger partial charge < -0.3 is 10.3 Å². The molecule has 3 aromatic rings. The highest BCUT2D eigenvalue weighted by Gasteiger charge is 2.07. The molecule has 0 atom stereocenters. The summed E-state index contributed by atoms with van der Waals surface area (Å²) in [5, 5.41) is 3.71. The second-order valence-corrected chi connectivity index (χ2v) is 7.01. The van der Waals surface area contributed by atoms with Gasteiger partial charge >= 0.3 is 0 Å². The van der Waals surface area contributed by atoms with Crippen LogP contribution in [0.25, 0.3) is 11.0 Å². The van der Waals surface area contributed by atoms with Gasteiger partial charge in [0.2, 0.25) is 5.91 Å². The molecular formula is C20H23N3OS. The first-order chi connectivity index (χ1) is 12.2. The van der Waals surface area contributed by atoms with Crippen molar-refractivity contribution < 1.29 is 4.79 Å². The van der Waals surface area contributed by atoms with Crippen molar-refractivity contribution in [1.82, 2.24) is 9.97 Å². The minimum absolute atomic E-state index is 0.0239. The fraction of sp³-hybridized carbons (Fsp3) is 0.300. The van der Waals surface area contributed by atoms with Crippen LogP contribution in [0.3, 0.4) is 0 Å². The van der Waals surface area contributed by atoms with Gasteiger partial charge in [0.1, 0.15) is 0 Å². The molecule has 4 nitrogen and oxygen atoms in total. The molecule has 0 saturated heterocycles. The Morgan fingerprint density at radius 1 is 1.12 bits per heavy atom. The van der Waals surface area contributed by atoms with Gasteiger partial charge in [0.15, 0.2) is 5.16 Å². The monoisotopic (exact) mass is 353 g/mol. The van der Waals surface area contributed by atoms with E-state index in [1.54, 1.807) is 0 Å². The molecule has 2 aromatic carbocycles. The van der Waals surface area contributed by atoms with Crippen molar-refractivity contribution >= 4 is 34.4 Å². The SMILES string of the molecule is CCCCCc1ccc(NC(=O)CSc2nc3ccccc3[nH]2)cc1. The van der Waals surface area contributed by atoms with Gasteiger partial charge in [-0.05, 0) is 42.7 Å². The van der Waals surface area contributed by atoms with E-state index in [1.165, 1.54) is 36.6 Å². The number of H-pyrrole nitrogens is 1. The number of carbonyl (C=O) groups is 1. The van der Waals surface area contributed by atoms with Crippen LogP contribution in [0.4, 0.5) is 5.69 Å². The number of benzene rings is 2. The lowest BCUT2D eigenvalue weighted by molar-refractivity contribution is -0.113. The summed E-state index contributed by atoms with van der Waals surface area (Å²) >= 11 is 1.41. The number of anilines is 1. The van der Waals surface area contributed by atoms with Gasteiger partial charge in [0.05, 0.1) is 16.8 Å². The van der Waals surface area contributed by atoms with Crippen molar-refractivity contribution in [1.29, 1.82) is 0 Å². The fourth-order valence-corrected chi connectivity index (χ4v) is 3.35. The third-order valence-corrected chi connectivity index (χ3v) is 4.89. The third-order valence-electron chi connectivity index (χ3n) is 4.01. The normalized spacial score (nSPS) is 10.9. The lowest BCUT2D eigenvalue weighted by Gasteiger charge is -2.06. The molecule has 1 amide bonds. The van der Waals surface area contributed by atoms with Crippen molar-refractivity contribution in [3.63, 3.8) is 0 Å². The molecule has 0 aliphatic heterocycles. The van der Waals surface area contributed by atoms with Crippen molar-refractivity contribution in [3.8, 4) is 0 Å². The number of nitrogens with zero attached hydrogens (tertiary/aromatic N) is 1. The van der Waals surface area contributed by atoms with E-state index in [1.807, 2.05) is 36.4 Å². The van der Waals surface area contributed by atoms with Crippen LogP contribution in [-0.2, 0) is 11.2 Å². The standard InChI is InChI=1S/C20H23N3OS/c1-2-3-4-7-15-10-12-16(13-11-15)21-19(24)14-25-20-22-17-8-5-6-9-18(17)23-20/h5-6,8-13H,2-4,7,14H2,1H3,(H,21,24)(H,22,23). The van der Waals surface area contributed by atoms with E-state index in [0.717, 1.165) is 28.3 Å². The van der Waals surface area contributed by atoms with E-state index in [4.69, 9.17) is 0 Å². The fourth-order valence-electron chi connectivity index (χ4n) is 2.66. The van der Waals surface area contributed by atoms with E-state index in [9.17, 15) is 4.79 Å². The molecule has 0 unspecified atom stereocenters. The number of carbonyl (C=O) groups excluding carboxylic acids is 1. The van der Waals surface area contributed by atoms with Gasteiger partial charge in [-0.2, -0.15) is 0 Å². The molecule has 0 radical (unpaired) electrons. The van der Waals surface area contributed by atoms with E-state index in [0.29, 0.717) is 5.75 Å². The summed E-state index contributed by atoms with van der Waals surface area (Å²) in [6, 6.07) is 16.0. The van der Waals surface area contributed by atoms with Gasteiger partial charge in [-0.15, -0.1) is 0 Å². The zero-order chi connectivity index (χ0) is 17.5. The van der Waals surface area contributed by atoms with E-state index < -0.39 is 0 Å². The molecule has 2 N–H and O–H groups in total. The highest BCUT2D eigenvalue weighted by Crippen LogP contribution is 2.19. The van der Waals surface area contributed by atoms with Gasteiger partial charge in [-0.1, -0.05) is 55.8 Å². The molecule has 1 aromatic heterocycles. The Morgan fingerprint density at radius 2 is 1.92 bits per heavy atom. The number of rotatable bonds is 8. The lowest BCUT2D eigenvalue weighted by Crippen LogP contribution is -2.14. The molecule has 0 aliphatic rings. The number of imidazole rings is 1. The van der Waals surface area contributed by atoms with Crippen molar-refractivity contribution in [3.05, 3.63) is 54.1 Å². The zero-order valence-electron chi connectivity index (χ0n) is 14.4. The second kappa shape index (κ2) is 8.72. The topological polar surface area (TPSA) is 57.8 Å². The first kappa shape index (κ1) is 17.5. The number of amides is 1. The summed E-state index contributed by atoms with van der Waals surface area (Å²) in [5.74, 6) is 0.308. The first-order valence-electron chi connectivity index (χ1n) is 8.71. The van der Waals surface area contributed by atoms with Crippen LogP contribution < -0.4 is 5.32 Å². The summed E-state index contributed by atoms with van der Waals surface area (Å²) in [6.07, 6.45) is 4.81.